The molecule has 0 spiro atoms. The van der Waals surface area contributed by atoms with Gasteiger partial charge in [-0.3, -0.25) is 0 Å². The number of nitrogens with zero attached hydrogens (tertiary/aromatic N) is 1. The molecule has 1 radical (unpaired) electrons. The largest absolute Gasteiger partial charge is 0.378 e. The molecule has 0 unspecified atom stereocenters. The van der Waals surface area contributed by atoms with Crippen molar-refractivity contribution < 1.29 is 4.74 Å². The SMILES string of the molecule is [CH2]COC1CCN(CC)CC1. The van der Waals surface area contributed by atoms with Crippen LogP contribution in [0.3, 0.4) is 0 Å². The summed E-state index contributed by atoms with van der Waals surface area (Å²) in [5.74, 6) is 0. The van der Waals surface area contributed by atoms with Crippen LogP contribution in [0.1, 0.15) is 19.8 Å². The number of piperidine rings is 1. The van der Waals surface area contributed by atoms with E-state index in [9.17, 15) is 0 Å². The van der Waals surface area contributed by atoms with Crippen molar-refractivity contribution in [3.8, 4) is 0 Å². The van der Waals surface area contributed by atoms with E-state index >= 15 is 0 Å². The zero-order chi connectivity index (χ0) is 8.10. The van der Waals surface area contributed by atoms with Crippen molar-refractivity contribution in [2.24, 2.45) is 0 Å². The molecule has 1 rings (SSSR count). The van der Waals surface area contributed by atoms with Crippen LogP contribution in [0.2, 0.25) is 0 Å². The molecule has 0 amide bonds. The Bertz CT molecular complexity index is 97.7. The molecule has 0 saturated carbocycles. The van der Waals surface area contributed by atoms with E-state index in [4.69, 9.17) is 4.74 Å². The standard InChI is InChI=1S/C9H18NO/c1-3-10-7-5-9(6-8-10)11-4-2/h9H,2-8H2,1H3. The average molecular weight is 156 g/mol. The summed E-state index contributed by atoms with van der Waals surface area (Å²) in [5, 5.41) is 0. The van der Waals surface area contributed by atoms with Gasteiger partial charge in [-0.25, -0.2) is 0 Å². The van der Waals surface area contributed by atoms with Crippen LogP contribution < -0.4 is 0 Å². The highest BCUT2D eigenvalue weighted by molar-refractivity contribution is 4.71. The van der Waals surface area contributed by atoms with Crippen LogP contribution in [0.4, 0.5) is 0 Å². The monoisotopic (exact) mass is 156 g/mol. The maximum Gasteiger partial charge on any atom is 0.0599 e. The number of ether oxygens (including phenoxy) is 1. The second-order valence-electron chi connectivity index (χ2n) is 3.00. The molecule has 0 atom stereocenters. The summed E-state index contributed by atoms with van der Waals surface area (Å²) in [4.78, 5) is 2.46. The smallest absolute Gasteiger partial charge is 0.0599 e. The Labute approximate surface area is 69.5 Å². The lowest BCUT2D eigenvalue weighted by Crippen LogP contribution is -2.36. The van der Waals surface area contributed by atoms with Crippen LogP contribution in [0.15, 0.2) is 0 Å². The third-order valence-electron chi connectivity index (χ3n) is 2.34. The van der Waals surface area contributed by atoms with Crippen LogP contribution >= 0.6 is 0 Å². The van der Waals surface area contributed by atoms with Crippen LogP contribution in [-0.2, 0) is 4.74 Å². The zero-order valence-electron chi connectivity index (χ0n) is 7.38. The highest BCUT2D eigenvalue weighted by Crippen LogP contribution is 2.12. The van der Waals surface area contributed by atoms with Gasteiger partial charge < -0.3 is 9.64 Å². The molecule has 1 aliphatic rings. The van der Waals surface area contributed by atoms with Gasteiger partial charge in [0.2, 0.25) is 0 Å². The van der Waals surface area contributed by atoms with Crippen molar-refractivity contribution in [3.05, 3.63) is 6.92 Å². The van der Waals surface area contributed by atoms with Crippen LogP contribution in [0.5, 0.6) is 0 Å². The summed E-state index contributed by atoms with van der Waals surface area (Å²) in [6, 6.07) is 0. The molecule has 0 N–H and O–H groups in total. The van der Waals surface area contributed by atoms with Crippen molar-refractivity contribution in [1.82, 2.24) is 4.90 Å². The minimum Gasteiger partial charge on any atom is -0.378 e. The Hall–Kier alpha value is -0.0800. The maximum atomic E-state index is 5.44. The molecule has 11 heavy (non-hydrogen) atoms. The Morgan fingerprint density at radius 1 is 1.45 bits per heavy atom. The third kappa shape index (κ3) is 2.80. The van der Waals surface area contributed by atoms with Gasteiger partial charge in [0.25, 0.3) is 0 Å². The molecule has 0 aromatic heterocycles. The fraction of sp³-hybridized carbons (Fsp3) is 0.889. The highest BCUT2D eigenvalue weighted by atomic mass is 16.5. The summed E-state index contributed by atoms with van der Waals surface area (Å²) >= 11 is 0. The summed E-state index contributed by atoms with van der Waals surface area (Å²) < 4.78 is 5.44. The number of likely N-dealkylation sites (tertiary alicyclic amines) is 1. The normalized spacial score (nSPS) is 22.4. The molecule has 1 saturated heterocycles. The van der Waals surface area contributed by atoms with Gasteiger partial charge in [-0.05, 0) is 26.3 Å². The first-order valence-electron chi connectivity index (χ1n) is 4.50. The lowest BCUT2D eigenvalue weighted by molar-refractivity contribution is 0.0226. The van der Waals surface area contributed by atoms with Crippen molar-refractivity contribution >= 4 is 0 Å². The number of hydrogen-bond donors (Lipinski definition) is 0. The molecule has 2 nitrogen and oxygen atoms in total. The molecule has 0 aliphatic carbocycles. The predicted molar refractivity (Wildman–Crippen MR) is 46.4 cm³/mol. The van der Waals surface area contributed by atoms with Crippen molar-refractivity contribution in [2.45, 2.75) is 25.9 Å². The molecule has 1 aliphatic heterocycles. The molecule has 65 valence electrons. The first-order chi connectivity index (χ1) is 5.36. The van der Waals surface area contributed by atoms with E-state index in [0.29, 0.717) is 12.7 Å². The molecule has 1 heterocycles. The average Bonchev–Trinajstić information content (AvgIpc) is 2.07. The molecule has 0 aromatic carbocycles. The molecule has 0 aromatic rings. The molecule has 2 heteroatoms. The number of rotatable bonds is 3. The quantitative estimate of drug-likeness (QED) is 0.611. The van der Waals surface area contributed by atoms with Crippen LogP contribution in [0, 0.1) is 6.92 Å². The fourth-order valence-corrected chi connectivity index (χ4v) is 1.56. The van der Waals surface area contributed by atoms with E-state index in [1.165, 1.54) is 32.5 Å². The zero-order valence-corrected chi connectivity index (χ0v) is 7.38. The predicted octanol–water partition coefficient (Wildman–Crippen LogP) is 1.32. The third-order valence-corrected chi connectivity index (χ3v) is 2.34. The van der Waals surface area contributed by atoms with Gasteiger partial charge in [0.1, 0.15) is 0 Å². The first-order valence-corrected chi connectivity index (χ1v) is 4.50. The Morgan fingerprint density at radius 2 is 2.09 bits per heavy atom. The topological polar surface area (TPSA) is 12.5 Å². The molecule has 1 fully saturated rings. The fourth-order valence-electron chi connectivity index (χ4n) is 1.56. The summed E-state index contributed by atoms with van der Waals surface area (Å²) in [6.07, 6.45) is 2.85. The van der Waals surface area contributed by atoms with E-state index in [1.54, 1.807) is 0 Å². The second-order valence-corrected chi connectivity index (χ2v) is 3.00. The minimum atomic E-state index is 0.482. The van der Waals surface area contributed by atoms with Gasteiger partial charge in [0, 0.05) is 19.7 Å². The lowest BCUT2D eigenvalue weighted by atomic mass is 10.1. The van der Waals surface area contributed by atoms with Crippen molar-refractivity contribution in [1.29, 1.82) is 0 Å². The van der Waals surface area contributed by atoms with E-state index < -0.39 is 0 Å². The summed E-state index contributed by atoms with van der Waals surface area (Å²) in [6.45, 7) is 10.1. The van der Waals surface area contributed by atoms with E-state index in [-0.39, 0.29) is 0 Å². The van der Waals surface area contributed by atoms with Gasteiger partial charge in [-0.2, -0.15) is 0 Å². The molecular weight excluding hydrogens is 138 g/mol. The second kappa shape index (κ2) is 4.73. The molecule has 0 bridgehead atoms. The van der Waals surface area contributed by atoms with Gasteiger partial charge in [-0.1, -0.05) is 6.92 Å². The first kappa shape index (κ1) is 9.01. The van der Waals surface area contributed by atoms with Crippen LogP contribution in [0.25, 0.3) is 0 Å². The lowest BCUT2D eigenvalue weighted by Gasteiger charge is -2.30. The van der Waals surface area contributed by atoms with Crippen molar-refractivity contribution in [2.75, 3.05) is 26.2 Å². The summed E-state index contributed by atoms with van der Waals surface area (Å²) in [5.41, 5.74) is 0. The molecular formula is C9H18NO. The van der Waals surface area contributed by atoms with Gasteiger partial charge in [-0.15, -0.1) is 0 Å². The van der Waals surface area contributed by atoms with Crippen LogP contribution in [-0.4, -0.2) is 37.2 Å². The van der Waals surface area contributed by atoms with Crippen molar-refractivity contribution in [3.63, 3.8) is 0 Å². The van der Waals surface area contributed by atoms with E-state index in [2.05, 4.69) is 18.7 Å². The Balaban J connectivity index is 2.14. The highest BCUT2D eigenvalue weighted by Gasteiger charge is 2.17. The van der Waals surface area contributed by atoms with Gasteiger partial charge in [0.05, 0.1) is 6.10 Å². The van der Waals surface area contributed by atoms with E-state index in [1.807, 2.05) is 0 Å². The number of hydrogen-bond acceptors (Lipinski definition) is 2. The maximum absolute atomic E-state index is 5.44. The van der Waals surface area contributed by atoms with Gasteiger partial charge >= 0.3 is 0 Å². The summed E-state index contributed by atoms with van der Waals surface area (Å²) in [7, 11) is 0. The van der Waals surface area contributed by atoms with E-state index in [0.717, 1.165) is 0 Å². The minimum absolute atomic E-state index is 0.482. The van der Waals surface area contributed by atoms with Gasteiger partial charge in [0.15, 0.2) is 0 Å². The Kier molecular flexibility index (Phi) is 3.87. The Morgan fingerprint density at radius 3 is 2.55 bits per heavy atom.